The van der Waals surface area contributed by atoms with E-state index in [-0.39, 0.29) is 12.4 Å². The third kappa shape index (κ3) is 5.16. The molecule has 0 spiro atoms. The Morgan fingerprint density at radius 2 is 1.69 bits per heavy atom. The van der Waals surface area contributed by atoms with Crippen LogP contribution in [0.3, 0.4) is 0 Å². The summed E-state index contributed by atoms with van der Waals surface area (Å²) in [5.41, 5.74) is 1.57. The van der Waals surface area contributed by atoms with E-state index < -0.39 is 23.8 Å². The van der Waals surface area contributed by atoms with E-state index in [0.717, 1.165) is 5.69 Å². The van der Waals surface area contributed by atoms with Gasteiger partial charge in [0.2, 0.25) is 11.9 Å². The number of esters is 1. The summed E-state index contributed by atoms with van der Waals surface area (Å²) in [7, 11) is 3.06. The van der Waals surface area contributed by atoms with Crippen molar-refractivity contribution < 1.29 is 28.2 Å². The minimum absolute atomic E-state index is 0.156. The lowest BCUT2D eigenvalue weighted by molar-refractivity contribution is -0.153. The van der Waals surface area contributed by atoms with Crippen molar-refractivity contribution in [1.82, 2.24) is 10.2 Å². The van der Waals surface area contributed by atoms with Crippen LogP contribution in [0.15, 0.2) is 47.5 Å². The van der Waals surface area contributed by atoms with E-state index in [2.05, 4.69) is 10.2 Å². The molecule has 0 saturated carbocycles. The molecule has 2 atom stereocenters. The van der Waals surface area contributed by atoms with Crippen molar-refractivity contribution in [1.29, 1.82) is 0 Å². The molecule has 1 N–H and O–H groups in total. The van der Waals surface area contributed by atoms with E-state index in [4.69, 9.17) is 19.2 Å². The van der Waals surface area contributed by atoms with E-state index >= 15 is 0 Å². The third-order valence-electron chi connectivity index (χ3n) is 6.16. The summed E-state index contributed by atoms with van der Waals surface area (Å²) in [5.74, 6) is -1.08. The number of halogens is 1. The van der Waals surface area contributed by atoms with Gasteiger partial charge in [0.05, 0.1) is 20.8 Å². The molecular weight excluding hydrogens is 455 g/mol. The van der Waals surface area contributed by atoms with Crippen LogP contribution in [0.5, 0.6) is 11.5 Å². The number of ether oxygens (including phenoxy) is 3. The van der Waals surface area contributed by atoms with Crippen molar-refractivity contribution in [2.24, 2.45) is 10.9 Å². The van der Waals surface area contributed by atoms with Gasteiger partial charge in [0, 0.05) is 31.9 Å². The largest absolute Gasteiger partial charge is 0.493 e. The fourth-order valence-electron chi connectivity index (χ4n) is 4.33. The number of anilines is 1. The molecule has 1 saturated heterocycles. The Kier molecular flexibility index (Phi) is 7.38. The van der Waals surface area contributed by atoms with Crippen LogP contribution in [0.25, 0.3) is 0 Å². The standard InChI is InChI=1S/C25H29FN4O5/c1-4-35-24(32)21-22(16-5-10-19(33-2)20(15-16)34-3)27-25(28-23(21)31)30-13-11-29(12-14-30)18-8-6-17(26)7-9-18/h5-10,15,21-22H,4,11-14H2,1-3H3,(H,27,28,31)/t21-,22+/m0/s1. The highest BCUT2D eigenvalue weighted by atomic mass is 19.1. The normalized spacial score (nSPS) is 20.1. The van der Waals surface area contributed by atoms with Crippen LogP contribution in [-0.2, 0) is 14.3 Å². The van der Waals surface area contributed by atoms with Crippen molar-refractivity contribution in [3.05, 3.63) is 53.8 Å². The first-order valence-electron chi connectivity index (χ1n) is 11.5. The molecule has 2 aromatic carbocycles. The highest BCUT2D eigenvalue weighted by molar-refractivity contribution is 6.08. The van der Waals surface area contributed by atoms with Gasteiger partial charge in [-0.05, 0) is 48.9 Å². The second-order valence-electron chi connectivity index (χ2n) is 8.18. The second kappa shape index (κ2) is 10.6. The average Bonchev–Trinajstić information content (AvgIpc) is 2.88. The van der Waals surface area contributed by atoms with Gasteiger partial charge in [-0.3, -0.25) is 14.9 Å². The second-order valence-corrected chi connectivity index (χ2v) is 8.18. The minimum atomic E-state index is -1.13. The molecule has 0 radical (unpaired) electrons. The SMILES string of the molecule is CCOC(=O)[C@@H]1C(=O)NC(N2CCN(c3ccc(F)cc3)CC2)=N[C@@H]1c1ccc(OC)c(OC)c1. The van der Waals surface area contributed by atoms with Crippen molar-refractivity contribution in [2.45, 2.75) is 13.0 Å². The molecule has 35 heavy (non-hydrogen) atoms. The molecule has 2 aliphatic rings. The van der Waals surface area contributed by atoms with Crippen molar-refractivity contribution in [3.8, 4) is 11.5 Å². The van der Waals surface area contributed by atoms with Crippen LogP contribution in [0, 0.1) is 11.7 Å². The van der Waals surface area contributed by atoms with Gasteiger partial charge in [-0.1, -0.05) is 6.07 Å². The molecule has 0 aromatic heterocycles. The van der Waals surface area contributed by atoms with Crippen LogP contribution < -0.4 is 19.7 Å². The number of nitrogens with one attached hydrogen (secondary N) is 1. The molecule has 0 bridgehead atoms. The molecule has 186 valence electrons. The van der Waals surface area contributed by atoms with E-state index in [1.807, 2.05) is 4.90 Å². The van der Waals surface area contributed by atoms with E-state index in [9.17, 15) is 14.0 Å². The number of rotatable bonds is 6. The number of aliphatic imine (C=N–C) groups is 1. The summed E-state index contributed by atoms with van der Waals surface area (Å²) in [6.45, 7) is 4.38. The molecule has 0 unspecified atom stereocenters. The van der Waals surface area contributed by atoms with Crippen molar-refractivity contribution >= 4 is 23.5 Å². The quantitative estimate of drug-likeness (QED) is 0.497. The Bertz CT molecular complexity index is 1100. The van der Waals surface area contributed by atoms with Crippen molar-refractivity contribution in [2.75, 3.05) is 51.9 Å². The monoisotopic (exact) mass is 484 g/mol. The lowest BCUT2D eigenvalue weighted by Gasteiger charge is -2.39. The molecule has 0 aliphatic carbocycles. The first-order chi connectivity index (χ1) is 16.9. The zero-order valence-corrected chi connectivity index (χ0v) is 20.0. The molecule has 2 aliphatic heterocycles. The van der Waals surface area contributed by atoms with Crippen LogP contribution in [0.2, 0.25) is 0 Å². The first kappa shape index (κ1) is 24.3. The van der Waals surface area contributed by atoms with Gasteiger partial charge in [0.15, 0.2) is 17.4 Å². The fraction of sp³-hybridized carbons (Fsp3) is 0.400. The summed E-state index contributed by atoms with van der Waals surface area (Å²) >= 11 is 0. The highest BCUT2D eigenvalue weighted by Gasteiger charge is 2.42. The van der Waals surface area contributed by atoms with Crippen LogP contribution >= 0.6 is 0 Å². The lowest BCUT2D eigenvalue weighted by Crippen LogP contribution is -2.57. The summed E-state index contributed by atoms with van der Waals surface area (Å²) in [5, 5.41) is 2.80. The summed E-state index contributed by atoms with van der Waals surface area (Å²) in [6, 6.07) is 10.8. The van der Waals surface area contributed by atoms with E-state index in [1.54, 1.807) is 37.3 Å². The Morgan fingerprint density at radius 3 is 2.31 bits per heavy atom. The number of amides is 1. The molecule has 10 heteroatoms. The Hall–Kier alpha value is -3.82. The van der Waals surface area contributed by atoms with Gasteiger partial charge in [-0.15, -0.1) is 0 Å². The number of hydrogen-bond donors (Lipinski definition) is 1. The summed E-state index contributed by atoms with van der Waals surface area (Å²) < 4.78 is 29.2. The van der Waals surface area contributed by atoms with Crippen LogP contribution in [0.1, 0.15) is 18.5 Å². The number of benzene rings is 2. The van der Waals surface area contributed by atoms with Crippen LogP contribution in [0.4, 0.5) is 10.1 Å². The van der Waals surface area contributed by atoms with E-state index in [0.29, 0.717) is 49.2 Å². The molecule has 9 nitrogen and oxygen atoms in total. The molecule has 2 heterocycles. The van der Waals surface area contributed by atoms with Gasteiger partial charge in [-0.2, -0.15) is 0 Å². The maximum atomic E-state index is 13.3. The number of methoxy groups -OCH3 is 2. The smallest absolute Gasteiger partial charge is 0.321 e. The predicted octanol–water partition coefficient (Wildman–Crippen LogP) is 2.37. The molecule has 1 fully saturated rings. The number of carbonyl (C=O) groups excluding carboxylic acids is 2. The number of nitrogens with zero attached hydrogens (tertiary/aromatic N) is 3. The lowest BCUT2D eigenvalue weighted by atomic mass is 9.91. The van der Waals surface area contributed by atoms with Gasteiger partial charge >= 0.3 is 5.97 Å². The number of guanidine groups is 1. The molecule has 1 amide bonds. The Labute approximate surface area is 203 Å². The predicted molar refractivity (Wildman–Crippen MR) is 128 cm³/mol. The number of carbonyl (C=O) groups is 2. The topological polar surface area (TPSA) is 92.7 Å². The Morgan fingerprint density at radius 1 is 1.03 bits per heavy atom. The van der Waals surface area contributed by atoms with Gasteiger partial charge in [0.25, 0.3) is 0 Å². The molecular formula is C25H29FN4O5. The highest BCUT2D eigenvalue weighted by Crippen LogP contribution is 2.36. The van der Waals surface area contributed by atoms with Gasteiger partial charge in [0.1, 0.15) is 11.9 Å². The fourth-order valence-corrected chi connectivity index (χ4v) is 4.33. The maximum absolute atomic E-state index is 13.3. The number of hydrogen-bond acceptors (Lipinski definition) is 8. The molecule has 4 rings (SSSR count). The summed E-state index contributed by atoms with van der Waals surface area (Å²) in [6.07, 6.45) is 0. The maximum Gasteiger partial charge on any atom is 0.321 e. The van der Waals surface area contributed by atoms with Crippen LogP contribution in [-0.4, -0.2) is 69.7 Å². The zero-order valence-electron chi connectivity index (χ0n) is 20.0. The number of piperazine rings is 1. The third-order valence-corrected chi connectivity index (χ3v) is 6.16. The van der Waals surface area contributed by atoms with Gasteiger partial charge < -0.3 is 24.0 Å². The Balaban J connectivity index is 1.60. The summed E-state index contributed by atoms with van der Waals surface area (Å²) in [4.78, 5) is 34.8. The molecule has 2 aromatic rings. The van der Waals surface area contributed by atoms with Crippen molar-refractivity contribution in [3.63, 3.8) is 0 Å². The minimum Gasteiger partial charge on any atom is -0.493 e. The zero-order chi connectivity index (χ0) is 24.9. The van der Waals surface area contributed by atoms with Gasteiger partial charge in [-0.25, -0.2) is 9.38 Å². The van der Waals surface area contributed by atoms with E-state index in [1.165, 1.54) is 26.4 Å². The average molecular weight is 485 g/mol. The first-order valence-corrected chi connectivity index (χ1v) is 11.5.